The van der Waals surface area contributed by atoms with Crippen LogP contribution in [0.2, 0.25) is 0 Å². The van der Waals surface area contributed by atoms with E-state index in [1.54, 1.807) is 12.1 Å². The van der Waals surface area contributed by atoms with E-state index in [2.05, 4.69) is 10.6 Å². The fourth-order valence-electron chi connectivity index (χ4n) is 2.91. The molecule has 2 heterocycles. The molecule has 0 radical (unpaired) electrons. The van der Waals surface area contributed by atoms with Crippen molar-refractivity contribution in [3.05, 3.63) is 35.6 Å². The Bertz CT molecular complexity index is 437. The van der Waals surface area contributed by atoms with Gasteiger partial charge < -0.3 is 10.6 Å². The summed E-state index contributed by atoms with van der Waals surface area (Å²) in [6.45, 7) is 1.76. The minimum atomic E-state index is -0.261. The Hall–Kier alpha value is -1.42. The van der Waals surface area contributed by atoms with Crippen LogP contribution in [0.1, 0.15) is 24.4 Å². The number of amides is 1. The van der Waals surface area contributed by atoms with Crippen molar-refractivity contribution in [1.29, 1.82) is 0 Å². The van der Waals surface area contributed by atoms with E-state index in [1.807, 2.05) is 0 Å². The summed E-state index contributed by atoms with van der Waals surface area (Å²) in [5.41, 5.74) is 0.746. The number of halogens is 1. The van der Waals surface area contributed by atoms with E-state index in [-0.39, 0.29) is 23.2 Å². The molecule has 1 aromatic carbocycles. The molecule has 4 heteroatoms. The monoisotopic (exact) mass is 234 g/mol. The summed E-state index contributed by atoms with van der Waals surface area (Å²) in [5.74, 6) is -0.0907. The number of benzene rings is 1. The van der Waals surface area contributed by atoms with Gasteiger partial charge in [-0.3, -0.25) is 4.79 Å². The summed E-state index contributed by atoms with van der Waals surface area (Å²) in [6.07, 6.45) is 1.72. The summed E-state index contributed by atoms with van der Waals surface area (Å²) in [4.78, 5) is 11.8. The quantitative estimate of drug-likeness (QED) is 0.720. The first-order valence-corrected chi connectivity index (χ1v) is 5.99. The second-order valence-electron chi connectivity index (χ2n) is 4.86. The van der Waals surface area contributed by atoms with Crippen LogP contribution < -0.4 is 10.6 Å². The van der Waals surface area contributed by atoms with Crippen molar-refractivity contribution in [1.82, 2.24) is 10.6 Å². The van der Waals surface area contributed by atoms with Crippen LogP contribution in [0.25, 0.3) is 0 Å². The standard InChI is InChI=1S/C13H15FN2O/c14-10-3-1-9(2-4-10)11-13(12(17)16-11)5-7-15-8-6-13/h1-4,11,15H,5-8H2,(H,16,17). The largest absolute Gasteiger partial charge is 0.348 e. The summed E-state index contributed by atoms with van der Waals surface area (Å²) < 4.78 is 12.9. The number of carbonyl (C=O) groups excluding carboxylic acids is 1. The molecule has 0 bridgehead atoms. The zero-order chi connectivity index (χ0) is 11.9. The third-order valence-electron chi connectivity index (χ3n) is 3.98. The number of piperidine rings is 1. The molecule has 1 spiro atoms. The molecule has 17 heavy (non-hydrogen) atoms. The third-order valence-corrected chi connectivity index (χ3v) is 3.98. The van der Waals surface area contributed by atoms with Crippen LogP contribution in [-0.4, -0.2) is 19.0 Å². The van der Waals surface area contributed by atoms with Gasteiger partial charge in [0.1, 0.15) is 5.82 Å². The van der Waals surface area contributed by atoms with E-state index < -0.39 is 0 Å². The molecule has 1 amide bonds. The molecule has 0 aliphatic carbocycles. The lowest BCUT2D eigenvalue weighted by atomic mass is 9.64. The van der Waals surface area contributed by atoms with E-state index in [1.165, 1.54) is 12.1 Å². The Morgan fingerprint density at radius 1 is 1.18 bits per heavy atom. The van der Waals surface area contributed by atoms with Gasteiger partial charge in [0, 0.05) is 0 Å². The fourth-order valence-corrected chi connectivity index (χ4v) is 2.91. The predicted octanol–water partition coefficient (Wildman–Crippen LogP) is 1.37. The van der Waals surface area contributed by atoms with E-state index in [4.69, 9.17) is 0 Å². The maximum atomic E-state index is 12.9. The van der Waals surface area contributed by atoms with Crippen molar-refractivity contribution >= 4 is 5.91 Å². The average molecular weight is 234 g/mol. The fraction of sp³-hybridized carbons (Fsp3) is 0.462. The zero-order valence-corrected chi connectivity index (χ0v) is 9.50. The van der Waals surface area contributed by atoms with E-state index >= 15 is 0 Å². The highest BCUT2D eigenvalue weighted by atomic mass is 19.1. The minimum Gasteiger partial charge on any atom is -0.348 e. The number of nitrogens with one attached hydrogen (secondary N) is 2. The molecule has 1 aromatic rings. The Labute approximate surface area is 99.4 Å². The SMILES string of the molecule is O=C1NC(c2ccc(F)cc2)C12CCNCC2. The van der Waals surface area contributed by atoms with E-state index in [0.29, 0.717) is 0 Å². The molecule has 2 aliphatic rings. The molecule has 2 aliphatic heterocycles. The van der Waals surface area contributed by atoms with Gasteiger partial charge in [0.2, 0.25) is 5.91 Å². The molecule has 2 fully saturated rings. The van der Waals surface area contributed by atoms with Gasteiger partial charge in [0.25, 0.3) is 0 Å². The zero-order valence-electron chi connectivity index (χ0n) is 9.50. The predicted molar refractivity (Wildman–Crippen MR) is 61.8 cm³/mol. The number of carbonyl (C=O) groups is 1. The molecular formula is C13H15FN2O. The maximum Gasteiger partial charge on any atom is 0.229 e. The molecule has 90 valence electrons. The van der Waals surface area contributed by atoms with Gasteiger partial charge in [-0.2, -0.15) is 0 Å². The van der Waals surface area contributed by atoms with Crippen LogP contribution in [0.4, 0.5) is 4.39 Å². The Morgan fingerprint density at radius 3 is 2.41 bits per heavy atom. The summed E-state index contributed by atoms with van der Waals surface area (Å²) in [5, 5.41) is 6.22. The van der Waals surface area contributed by atoms with Crippen molar-refractivity contribution < 1.29 is 9.18 Å². The second-order valence-corrected chi connectivity index (χ2v) is 4.86. The highest BCUT2D eigenvalue weighted by Crippen LogP contribution is 2.48. The van der Waals surface area contributed by atoms with Crippen LogP contribution in [0, 0.1) is 11.2 Å². The Morgan fingerprint density at radius 2 is 1.82 bits per heavy atom. The number of β-lactam (4-membered cyclic amide) rings is 1. The van der Waals surface area contributed by atoms with Gasteiger partial charge in [-0.1, -0.05) is 12.1 Å². The molecule has 2 N–H and O–H groups in total. The summed E-state index contributed by atoms with van der Waals surface area (Å²) in [7, 11) is 0. The lowest BCUT2D eigenvalue weighted by Crippen LogP contribution is -2.64. The number of hydrogen-bond acceptors (Lipinski definition) is 2. The number of hydrogen-bond donors (Lipinski definition) is 2. The van der Waals surface area contributed by atoms with E-state index in [9.17, 15) is 9.18 Å². The first kappa shape index (κ1) is 10.7. The molecule has 0 saturated carbocycles. The molecule has 3 nitrogen and oxygen atoms in total. The van der Waals surface area contributed by atoms with Gasteiger partial charge in [-0.05, 0) is 43.6 Å². The van der Waals surface area contributed by atoms with Gasteiger partial charge in [-0.25, -0.2) is 4.39 Å². The topological polar surface area (TPSA) is 41.1 Å². The van der Waals surface area contributed by atoms with Crippen LogP contribution in [-0.2, 0) is 4.79 Å². The van der Waals surface area contributed by atoms with Crippen LogP contribution in [0.15, 0.2) is 24.3 Å². The van der Waals surface area contributed by atoms with Crippen molar-refractivity contribution in [2.75, 3.05) is 13.1 Å². The molecule has 1 atom stereocenters. The molecule has 0 aromatic heterocycles. The first-order chi connectivity index (χ1) is 8.22. The van der Waals surface area contributed by atoms with Gasteiger partial charge in [-0.15, -0.1) is 0 Å². The first-order valence-electron chi connectivity index (χ1n) is 5.99. The Balaban J connectivity index is 1.88. The lowest BCUT2D eigenvalue weighted by Gasteiger charge is -2.51. The van der Waals surface area contributed by atoms with Gasteiger partial charge >= 0.3 is 0 Å². The van der Waals surface area contributed by atoms with Crippen LogP contribution in [0.5, 0.6) is 0 Å². The molecule has 1 unspecified atom stereocenters. The van der Waals surface area contributed by atoms with Crippen LogP contribution in [0.3, 0.4) is 0 Å². The highest BCUT2D eigenvalue weighted by molar-refractivity contribution is 5.90. The van der Waals surface area contributed by atoms with Crippen molar-refractivity contribution in [3.8, 4) is 0 Å². The van der Waals surface area contributed by atoms with Gasteiger partial charge in [0.15, 0.2) is 0 Å². The molecule has 3 rings (SSSR count). The van der Waals surface area contributed by atoms with Crippen molar-refractivity contribution in [3.63, 3.8) is 0 Å². The molecule has 2 saturated heterocycles. The van der Waals surface area contributed by atoms with Crippen LogP contribution >= 0.6 is 0 Å². The Kier molecular flexibility index (Phi) is 2.40. The normalized spacial score (nSPS) is 26.4. The van der Waals surface area contributed by atoms with Gasteiger partial charge in [0.05, 0.1) is 11.5 Å². The van der Waals surface area contributed by atoms with Crippen molar-refractivity contribution in [2.24, 2.45) is 5.41 Å². The number of rotatable bonds is 1. The smallest absolute Gasteiger partial charge is 0.229 e. The summed E-state index contributed by atoms with van der Waals surface area (Å²) >= 11 is 0. The third kappa shape index (κ3) is 1.55. The highest BCUT2D eigenvalue weighted by Gasteiger charge is 2.55. The minimum absolute atomic E-state index is 0.0534. The maximum absolute atomic E-state index is 12.9. The molecular weight excluding hydrogens is 219 g/mol. The average Bonchev–Trinajstić information content (AvgIpc) is 2.38. The second kappa shape index (κ2) is 3.81. The van der Waals surface area contributed by atoms with Crippen molar-refractivity contribution in [2.45, 2.75) is 18.9 Å². The lowest BCUT2D eigenvalue weighted by molar-refractivity contribution is -0.149. The summed E-state index contributed by atoms with van der Waals surface area (Å²) in [6, 6.07) is 6.49. The van der Waals surface area contributed by atoms with E-state index in [0.717, 1.165) is 31.5 Å².